The number of rotatable bonds is 2. The van der Waals surface area contributed by atoms with E-state index in [0.717, 1.165) is 5.56 Å². The average Bonchev–Trinajstić information content (AvgIpc) is 3.00. The number of halogens is 1. The van der Waals surface area contributed by atoms with Crippen molar-refractivity contribution in [1.29, 1.82) is 0 Å². The third-order valence-corrected chi connectivity index (χ3v) is 3.17. The molecule has 3 rings (SSSR count). The Hall–Kier alpha value is -1.94. The Morgan fingerprint density at radius 1 is 1.44 bits per heavy atom. The lowest BCUT2D eigenvalue weighted by molar-refractivity contribution is 0.247. The highest BCUT2D eigenvalue weighted by Crippen LogP contribution is 2.32. The molecule has 0 bridgehead atoms. The second-order valence-corrected chi connectivity index (χ2v) is 4.37. The summed E-state index contributed by atoms with van der Waals surface area (Å²) in [6.07, 6.45) is 4.85. The van der Waals surface area contributed by atoms with E-state index in [9.17, 15) is 9.50 Å². The molecule has 1 atom stereocenters. The molecule has 0 amide bonds. The molecule has 0 fully saturated rings. The number of fused-ring (bicyclic) bond motifs is 1. The van der Waals surface area contributed by atoms with E-state index in [0.29, 0.717) is 23.1 Å². The first-order chi connectivity index (χ1) is 8.68. The van der Waals surface area contributed by atoms with Gasteiger partial charge in [0.2, 0.25) is 0 Å². The van der Waals surface area contributed by atoms with Gasteiger partial charge in [0.1, 0.15) is 6.10 Å². The Labute approximate surface area is 103 Å². The molecular weight excluding hydrogens is 233 g/mol. The minimum Gasteiger partial charge on any atom is -0.461 e. The number of allylic oxidation sites excluding steroid dienone is 1. The normalized spacial score (nSPS) is 16.3. The van der Waals surface area contributed by atoms with E-state index in [4.69, 9.17) is 4.42 Å². The summed E-state index contributed by atoms with van der Waals surface area (Å²) >= 11 is 0. The van der Waals surface area contributed by atoms with Crippen molar-refractivity contribution in [1.82, 2.24) is 0 Å². The van der Waals surface area contributed by atoms with Crippen LogP contribution in [0.4, 0.5) is 4.39 Å². The maximum atomic E-state index is 13.6. The fraction of sp³-hybridized carbons (Fsp3) is 0.214. The van der Waals surface area contributed by atoms with E-state index in [1.54, 1.807) is 12.3 Å². The molecule has 1 aliphatic rings. The van der Waals surface area contributed by atoms with Crippen LogP contribution < -0.4 is 0 Å². The van der Waals surface area contributed by atoms with Gasteiger partial charge in [-0.25, -0.2) is 4.39 Å². The number of aliphatic hydroxyl groups is 1. The lowest BCUT2D eigenvalue weighted by atomic mass is 9.98. The molecular formula is C14H12FNO2. The predicted octanol–water partition coefficient (Wildman–Crippen LogP) is 3.27. The number of hydrogen-bond donors (Lipinski definition) is 1. The van der Waals surface area contributed by atoms with Gasteiger partial charge in [0.05, 0.1) is 12.0 Å². The molecule has 18 heavy (non-hydrogen) atoms. The summed E-state index contributed by atoms with van der Waals surface area (Å²) < 4.78 is 18.8. The Morgan fingerprint density at radius 2 is 2.28 bits per heavy atom. The van der Waals surface area contributed by atoms with Gasteiger partial charge in [-0.2, -0.15) is 0 Å². The first-order valence-electron chi connectivity index (χ1n) is 5.74. The van der Waals surface area contributed by atoms with Crippen LogP contribution in [0.25, 0.3) is 11.0 Å². The number of nitrogens with zero attached hydrogens (tertiary/aromatic N) is 1. The third kappa shape index (κ3) is 1.57. The Balaban J connectivity index is 2.17. The quantitative estimate of drug-likeness (QED) is 0.882. The second kappa shape index (κ2) is 4.07. The van der Waals surface area contributed by atoms with Gasteiger partial charge in [-0.05, 0) is 24.1 Å². The standard InChI is InChI=1S/C14H12FNO2/c1-8-7-18-14-10(15)5-4-9(12(8)14)13(17)11-3-2-6-16-11/h2,4-7,13,17H,3H2,1H3. The molecule has 0 radical (unpaired) electrons. The van der Waals surface area contributed by atoms with Crippen LogP contribution in [-0.4, -0.2) is 10.8 Å². The fourth-order valence-corrected chi connectivity index (χ4v) is 2.26. The molecule has 3 nitrogen and oxygen atoms in total. The third-order valence-electron chi connectivity index (χ3n) is 3.17. The number of furan rings is 1. The van der Waals surface area contributed by atoms with Gasteiger partial charge in [-0.3, -0.25) is 4.99 Å². The summed E-state index contributed by atoms with van der Waals surface area (Å²) in [6, 6.07) is 2.90. The molecule has 1 aromatic heterocycles. The zero-order valence-electron chi connectivity index (χ0n) is 9.85. The number of aliphatic imine (C=N–C) groups is 1. The van der Waals surface area contributed by atoms with Gasteiger partial charge in [0.25, 0.3) is 0 Å². The van der Waals surface area contributed by atoms with Gasteiger partial charge in [0.15, 0.2) is 11.4 Å². The minimum atomic E-state index is -0.820. The van der Waals surface area contributed by atoms with Gasteiger partial charge in [0, 0.05) is 18.0 Å². The molecule has 1 aromatic carbocycles. The molecule has 1 unspecified atom stereocenters. The average molecular weight is 245 g/mol. The summed E-state index contributed by atoms with van der Waals surface area (Å²) in [4.78, 5) is 4.12. The van der Waals surface area contributed by atoms with Crippen molar-refractivity contribution in [3.8, 4) is 0 Å². The second-order valence-electron chi connectivity index (χ2n) is 4.37. The molecule has 1 N–H and O–H groups in total. The zero-order chi connectivity index (χ0) is 12.7. The lowest BCUT2D eigenvalue weighted by Gasteiger charge is -2.12. The first-order valence-corrected chi connectivity index (χ1v) is 5.74. The molecule has 2 aromatic rings. The van der Waals surface area contributed by atoms with Crippen LogP contribution in [0.2, 0.25) is 0 Å². The zero-order valence-corrected chi connectivity index (χ0v) is 9.85. The maximum absolute atomic E-state index is 13.6. The summed E-state index contributed by atoms with van der Waals surface area (Å²) in [5.74, 6) is -0.416. The van der Waals surface area contributed by atoms with Crippen molar-refractivity contribution >= 4 is 16.7 Å². The van der Waals surface area contributed by atoms with Crippen LogP contribution in [0.1, 0.15) is 23.7 Å². The maximum Gasteiger partial charge on any atom is 0.170 e. The highest BCUT2D eigenvalue weighted by atomic mass is 19.1. The largest absolute Gasteiger partial charge is 0.461 e. The lowest BCUT2D eigenvalue weighted by Crippen LogP contribution is -2.10. The van der Waals surface area contributed by atoms with Crippen LogP contribution in [0, 0.1) is 12.7 Å². The highest BCUT2D eigenvalue weighted by molar-refractivity contribution is 5.97. The summed E-state index contributed by atoms with van der Waals surface area (Å²) in [6.45, 7) is 1.83. The highest BCUT2D eigenvalue weighted by Gasteiger charge is 2.21. The summed E-state index contributed by atoms with van der Waals surface area (Å²) in [7, 11) is 0. The van der Waals surface area contributed by atoms with Crippen LogP contribution in [0.15, 0.2) is 40.1 Å². The molecule has 4 heteroatoms. The minimum absolute atomic E-state index is 0.190. The van der Waals surface area contributed by atoms with Crippen molar-refractivity contribution in [2.75, 3.05) is 0 Å². The first kappa shape index (κ1) is 11.2. The molecule has 0 spiro atoms. The van der Waals surface area contributed by atoms with Crippen molar-refractivity contribution in [3.05, 3.63) is 47.6 Å². The van der Waals surface area contributed by atoms with Gasteiger partial charge >= 0.3 is 0 Å². The Morgan fingerprint density at radius 3 is 3.00 bits per heavy atom. The topological polar surface area (TPSA) is 45.7 Å². The number of aliphatic hydroxyl groups excluding tert-OH is 1. The molecule has 0 saturated heterocycles. The van der Waals surface area contributed by atoms with Crippen molar-refractivity contribution in [2.45, 2.75) is 19.4 Å². The molecule has 0 saturated carbocycles. The Bertz CT molecular complexity index is 670. The van der Waals surface area contributed by atoms with Crippen LogP contribution in [0.5, 0.6) is 0 Å². The number of benzene rings is 1. The van der Waals surface area contributed by atoms with E-state index in [2.05, 4.69) is 4.99 Å². The SMILES string of the molecule is Cc1coc2c(F)ccc(C(O)C3=NC=CC3)c12. The van der Waals surface area contributed by atoms with Gasteiger partial charge in [-0.15, -0.1) is 0 Å². The smallest absolute Gasteiger partial charge is 0.170 e. The van der Waals surface area contributed by atoms with Crippen LogP contribution in [0.3, 0.4) is 0 Å². The van der Waals surface area contributed by atoms with Crippen molar-refractivity contribution in [2.24, 2.45) is 4.99 Å². The van der Waals surface area contributed by atoms with Gasteiger partial charge < -0.3 is 9.52 Å². The number of hydrogen-bond acceptors (Lipinski definition) is 3. The number of aryl methyl sites for hydroxylation is 1. The van der Waals surface area contributed by atoms with Gasteiger partial charge in [-0.1, -0.05) is 12.1 Å². The van der Waals surface area contributed by atoms with E-state index in [1.165, 1.54) is 12.3 Å². The molecule has 2 heterocycles. The summed E-state index contributed by atoms with van der Waals surface area (Å²) in [5.41, 5.74) is 2.31. The summed E-state index contributed by atoms with van der Waals surface area (Å²) in [5, 5.41) is 11.0. The molecule has 1 aliphatic heterocycles. The predicted molar refractivity (Wildman–Crippen MR) is 67.1 cm³/mol. The monoisotopic (exact) mass is 245 g/mol. The van der Waals surface area contributed by atoms with Crippen molar-refractivity contribution in [3.63, 3.8) is 0 Å². The molecule has 92 valence electrons. The van der Waals surface area contributed by atoms with Crippen LogP contribution in [-0.2, 0) is 0 Å². The van der Waals surface area contributed by atoms with E-state index < -0.39 is 11.9 Å². The van der Waals surface area contributed by atoms with Crippen molar-refractivity contribution < 1.29 is 13.9 Å². The van der Waals surface area contributed by atoms with Crippen LogP contribution >= 0.6 is 0 Å². The van der Waals surface area contributed by atoms with E-state index in [1.807, 2.05) is 13.0 Å². The van der Waals surface area contributed by atoms with E-state index in [-0.39, 0.29) is 5.58 Å². The molecule has 0 aliphatic carbocycles. The van der Waals surface area contributed by atoms with E-state index >= 15 is 0 Å². The fourth-order valence-electron chi connectivity index (χ4n) is 2.26. The Kier molecular flexibility index (Phi) is 2.52.